The molecule has 0 aromatic carbocycles. The first kappa shape index (κ1) is 12.7. The van der Waals surface area contributed by atoms with E-state index in [1.54, 1.807) is 4.68 Å². The van der Waals surface area contributed by atoms with Gasteiger partial charge in [-0.15, -0.1) is 0 Å². The van der Waals surface area contributed by atoms with E-state index in [0.717, 1.165) is 29.8 Å². The lowest BCUT2D eigenvalue weighted by Gasteiger charge is -2.05. The predicted octanol–water partition coefficient (Wildman–Crippen LogP) is 2.15. The largest absolute Gasteiger partial charge is 0.464 e. The van der Waals surface area contributed by atoms with Gasteiger partial charge < -0.3 is 4.74 Å². The summed E-state index contributed by atoms with van der Waals surface area (Å²) in [6.07, 6.45) is 1.95. The first-order valence-electron chi connectivity index (χ1n) is 5.72. The average molecular weight is 224 g/mol. The molecule has 0 bridgehead atoms. The Morgan fingerprint density at radius 2 is 2.06 bits per heavy atom. The molecule has 0 atom stereocenters. The van der Waals surface area contributed by atoms with Gasteiger partial charge in [0, 0.05) is 5.69 Å². The monoisotopic (exact) mass is 224 g/mol. The first-order chi connectivity index (χ1) is 7.56. The van der Waals surface area contributed by atoms with Gasteiger partial charge in [0.1, 0.15) is 6.54 Å². The van der Waals surface area contributed by atoms with Gasteiger partial charge in [-0.1, -0.05) is 13.3 Å². The molecule has 0 fully saturated rings. The average Bonchev–Trinajstić information content (AvgIpc) is 2.47. The topological polar surface area (TPSA) is 44.1 Å². The quantitative estimate of drug-likeness (QED) is 0.568. The molecule has 1 heterocycles. The number of aromatic nitrogens is 2. The number of ether oxygens (including phenoxy) is 1. The van der Waals surface area contributed by atoms with Gasteiger partial charge in [0.2, 0.25) is 0 Å². The van der Waals surface area contributed by atoms with Crippen LogP contribution in [-0.2, 0) is 16.1 Å². The van der Waals surface area contributed by atoms with E-state index in [1.807, 2.05) is 20.8 Å². The van der Waals surface area contributed by atoms with Crippen molar-refractivity contribution in [2.24, 2.45) is 0 Å². The summed E-state index contributed by atoms with van der Waals surface area (Å²) in [6.45, 7) is 8.71. The third-order valence-corrected chi connectivity index (χ3v) is 2.78. The fourth-order valence-electron chi connectivity index (χ4n) is 1.44. The maximum absolute atomic E-state index is 11.5. The van der Waals surface area contributed by atoms with Crippen molar-refractivity contribution in [3.05, 3.63) is 17.0 Å². The van der Waals surface area contributed by atoms with Crippen LogP contribution in [-0.4, -0.2) is 22.4 Å². The molecule has 4 heteroatoms. The zero-order valence-electron chi connectivity index (χ0n) is 10.5. The molecule has 0 unspecified atom stereocenters. The Bertz CT molecular complexity index is 369. The molecule has 1 rings (SSSR count). The Morgan fingerprint density at radius 1 is 1.38 bits per heavy atom. The molecule has 0 saturated carbocycles. The summed E-state index contributed by atoms with van der Waals surface area (Å²) in [7, 11) is 0. The molecule has 4 nitrogen and oxygen atoms in total. The van der Waals surface area contributed by atoms with Gasteiger partial charge in [-0.3, -0.25) is 9.48 Å². The number of hydrogen-bond donors (Lipinski definition) is 0. The highest BCUT2D eigenvalue weighted by Crippen LogP contribution is 2.10. The summed E-state index contributed by atoms with van der Waals surface area (Å²) in [4.78, 5) is 11.5. The van der Waals surface area contributed by atoms with E-state index >= 15 is 0 Å². The Kier molecular flexibility index (Phi) is 4.52. The second-order valence-electron chi connectivity index (χ2n) is 4.03. The zero-order valence-corrected chi connectivity index (χ0v) is 10.5. The van der Waals surface area contributed by atoms with Crippen molar-refractivity contribution in [3.63, 3.8) is 0 Å². The molecule has 0 aliphatic rings. The summed E-state index contributed by atoms with van der Waals surface area (Å²) in [5.74, 6) is -0.209. The molecule has 0 saturated heterocycles. The third kappa shape index (κ3) is 3.08. The Hall–Kier alpha value is -1.32. The van der Waals surface area contributed by atoms with Gasteiger partial charge in [0.25, 0.3) is 0 Å². The Morgan fingerprint density at radius 3 is 2.56 bits per heavy atom. The fraction of sp³-hybridized carbons (Fsp3) is 0.667. The highest BCUT2D eigenvalue weighted by molar-refractivity contribution is 5.69. The number of esters is 1. The number of unbranched alkanes of at least 4 members (excludes halogenated alkanes) is 1. The standard InChI is InChI=1S/C12H20N2O2/c1-5-6-7-16-12(15)8-14-11(4)9(2)10(3)13-14/h5-8H2,1-4H3. The normalized spacial score (nSPS) is 10.5. The maximum atomic E-state index is 11.5. The molecule has 0 radical (unpaired) electrons. The second kappa shape index (κ2) is 5.68. The van der Waals surface area contributed by atoms with Crippen molar-refractivity contribution in [2.45, 2.75) is 47.1 Å². The van der Waals surface area contributed by atoms with E-state index in [9.17, 15) is 4.79 Å². The van der Waals surface area contributed by atoms with Crippen molar-refractivity contribution >= 4 is 5.97 Å². The van der Waals surface area contributed by atoms with E-state index < -0.39 is 0 Å². The molecule has 1 aromatic rings. The predicted molar refractivity (Wildman–Crippen MR) is 62.3 cm³/mol. The van der Waals surface area contributed by atoms with Crippen molar-refractivity contribution in [1.29, 1.82) is 0 Å². The van der Waals surface area contributed by atoms with Crippen LogP contribution in [0.15, 0.2) is 0 Å². The van der Waals surface area contributed by atoms with E-state index in [1.165, 1.54) is 0 Å². The van der Waals surface area contributed by atoms with E-state index in [0.29, 0.717) is 6.61 Å². The number of hydrogen-bond acceptors (Lipinski definition) is 3. The minimum atomic E-state index is -0.209. The minimum Gasteiger partial charge on any atom is -0.464 e. The van der Waals surface area contributed by atoms with Crippen molar-refractivity contribution in [3.8, 4) is 0 Å². The molecule has 16 heavy (non-hydrogen) atoms. The van der Waals surface area contributed by atoms with Gasteiger partial charge in [-0.25, -0.2) is 0 Å². The first-order valence-corrected chi connectivity index (χ1v) is 5.72. The van der Waals surface area contributed by atoms with Gasteiger partial charge in [0.05, 0.1) is 12.3 Å². The Balaban J connectivity index is 2.53. The molecular weight excluding hydrogens is 204 g/mol. The highest BCUT2D eigenvalue weighted by Gasteiger charge is 2.11. The van der Waals surface area contributed by atoms with Crippen LogP contribution in [0.5, 0.6) is 0 Å². The number of nitrogens with zero attached hydrogens (tertiary/aromatic N) is 2. The summed E-state index contributed by atoms with van der Waals surface area (Å²) in [5, 5.41) is 4.29. The molecule has 0 amide bonds. The van der Waals surface area contributed by atoms with Gasteiger partial charge in [0.15, 0.2) is 0 Å². The van der Waals surface area contributed by atoms with Crippen LogP contribution in [0, 0.1) is 20.8 Å². The zero-order chi connectivity index (χ0) is 12.1. The molecular formula is C12H20N2O2. The minimum absolute atomic E-state index is 0.209. The lowest BCUT2D eigenvalue weighted by atomic mass is 10.2. The van der Waals surface area contributed by atoms with Gasteiger partial charge in [-0.05, 0) is 32.8 Å². The molecule has 0 N–H and O–H groups in total. The SMILES string of the molecule is CCCCOC(=O)Cn1nc(C)c(C)c1C. The lowest BCUT2D eigenvalue weighted by molar-refractivity contribution is -0.144. The maximum Gasteiger partial charge on any atom is 0.327 e. The molecule has 0 aliphatic carbocycles. The third-order valence-electron chi connectivity index (χ3n) is 2.78. The lowest BCUT2D eigenvalue weighted by Crippen LogP contribution is -2.16. The van der Waals surface area contributed by atoms with Crippen LogP contribution in [0.3, 0.4) is 0 Å². The van der Waals surface area contributed by atoms with E-state index in [-0.39, 0.29) is 12.5 Å². The van der Waals surface area contributed by atoms with Crippen LogP contribution in [0.4, 0.5) is 0 Å². The van der Waals surface area contributed by atoms with Crippen molar-refractivity contribution in [1.82, 2.24) is 9.78 Å². The van der Waals surface area contributed by atoms with E-state index in [4.69, 9.17) is 4.74 Å². The number of aryl methyl sites for hydroxylation is 1. The highest BCUT2D eigenvalue weighted by atomic mass is 16.5. The van der Waals surface area contributed by atoms with Crippen LogP contribution >= 0.6 is 0 Å². The molecule has 1 aromatic heterocycles. The summed E-state index contributed by atoms with van der Waals surface area (Å²) in [5.41, 5.74) is 3.14. The van der Waals surface area contributed by atoms with Crippen molar-refractivity contribution < 1.29 is 9.53 Å². The van der Waals surface area contributed by atoms with Crippen LogP contribution < -0.4 is 0 Å². The summed E-state index contributed by atoms with van der Waals surface area (Å²) in [6, 6.07) is 0. The smallest absolute Gasteiger partial charge is 0.327 e. The number of carbonyl (C=O) groups is 1. The number of carbonyl (C=O) groups excluding carboxylic acids is 1. The molecule has 0 aliphatic heterocycles. The molecule has 90 valence electrons. The summed E-state index contributed by atoms with van der Waals surface area (Å²) >= 11 is 0. The van der Waals surface area contributed by atoms with Crippen molar-refractivity contribution in [2.75, 3.05) is 6.61 Å². The van der Waals surface area contributed by atoms with Crippen LogP contribution in [0.2, 0.25) is 0 Å². The second-order valence-corrected chi connectivity index (χ2v) is 4.03. The Labute approximate surface area is 96.6 Å². The van der Waals surface area contributed by atoms with Crippen LogP contribution in [0.25, 0.3) is 0 Å². The fourth-order valence-corrected chi connectivity index (χ4v) is 1.44. The van der Waals surface area contributed by atoms with Crippen LogP contribution in [0.1, 0.15) is 36.7 Å². The molecule has 0 spiro atoms. The van der Waals surface area contributed by atoms with E-state index in [2.05, 4.69) is 12.0 Å². The van der Waals surface area contributed by atoms with Gasteiger partial charge >= 0.3 is 5.97 Å². The number of rotatable bonds is 5. The van der Waals surface area contributed by atoms with Gasteiger partial charge in [-0.2, -0.15) is 5.10 Å². The summed E-state index contributed by atoms with van der Waals surface area (Å²) < 4.78 is 6.80.